The molecule has 21 heavy (non-hydrogen) atoms. The summed E-state index contributed by atoms with van der Waals surface area (Å²) in [7, 11) is 0. The lowest BCUT2D eigenvalue weighted by Gasteiger charge is -2.22. The van der Waals surface area contributed by atoms with E-state index in [0.29, 0.717) is 11.6 Å². The minimum Gasteiger partial charge on any atom is -0.364 e. The number of carbonyl (C=O) groups is 1. The Balaban J connectivity index is 1.91. The molecule has 116 valence electrons. The molecule has 5 heteroatoms. The predicted octanol–water partition coefficient (Wildman–Crippen LogP) is 1.88. The number of nitrogens with zero attached hydrogens (tertiary/aromatic N) is 3. The first-order valence-electron chi connectivity index (χ1n) is 7.87. The zero-order valence-electron chi connectivity index (χ0n) is 13.1. The highest BCUT2D eigenvalue weighted by atomic mass is 16.1. The van der Waals surface area contributed by atoms with E-state index in [1.54, 1.807) is 6.07 Å². The zero-order valence-corrected chi connectivity index (χ0v) is 13.1. The molecular formula is C16H26N4O. The van der Waals surface area contributed by atoms with Gasteiger partial charge < -0.3 is 10.6 Å². The molecule has 0 bridgehead atoms. The van der Waals surface area contributed by atoms with Gasteiger partial charge in [0.15, 0.2) is 0 Å². The Morgan fingerprint density at radius 3 is 2.90 bits per heavy atom. The molecule has 0 radical (unpaired) electrons. The first-order valence-corrected chi connectivity index (χ1v) is 7.87. The van der Waals surface area contributed by atoms with Crippen molar-refractivity contribution < 1.29 is 4.79 Å². The number of primary amides is 1. The molecule has 0 aliphatic carbocycles. The summed E-state index contributed by atoms with van der Waals surface area (Å²) in [6.45, 7) is 8.09. The monoisotopic (exact) mass is 290 g/mol. The summed E-state index contributed by atoms with van der Waals surface area (Å²) in [6.07, 6.45) is 6.02. The second kappa shape index (κ2) is 7.50. The van der Waals surface area contributed by atoms with Crippen LogP contribution >= 0.6 is 0 Å². The molecule has 5 nitrogen and oxygen atoms in total. The highest BCUT2D eigenvalue weighted by Gasteiger charge is 2.18. The predicted molar refractivity (Wildman–Crippen MR) is 82.9 cm³/mol. The molecule has 0 unspecified atom stereocenters. The van der Waals surface area contributed by atoms with Gasteiger partial charge in [0.2, 0.25) is 0 Å². The number of rotatable bonds is 5. The van der Waals surface area contributed by atoms with Gasteiger partial charge in [-0.2, -0.15) is 0 Å². The van der Waals surface area contributed by atoms with E-state index in [2.05, 4.69) is 28.7 Å². The quantitative estimate of drug-likeness (QED) is 0.898. The Kier molecular flexibility index (Phi) is 5.67. The largest absolute Gasteiger partial charge is 0.364 e. The number of amides is 1. The Morgan fingerprint density at radius 2 is 2.19 bits per heavy atom. The van der Waals surface area contributed by atoms with E-state index in [0.717, 1.165) is 24.6 Å². The molecule has 2 N–H and O–H groups in total. The maximum absolute atomic E-state index is 11.2. The van der Waals surface area contributed by atoms with Gasteiger partial charge in [0, 0.05) is 12.2 Å². The maximum Gasteiger partial charge on any atom is 0.267 e. The minimum absolute atomic E-state index is 0.315. The first kappa shape index (κ1) is 15.9. The topological polar surface area (TPSA) is 72.1 Å². The Morgan fingerprint density at radius 1 is 1.38 bits per heavy atom. The van der Waals surface area contributed by atoms with Gasteiger partial charge in [-0.15, -0.1) is 0 Å². The minimum atomic E-state index is -0.484. The van der Waals surface area contributed by atoms with Crippen LogP contribution in [0.15, 0.2) is 12.4 Å². The fraction of sp³-hybridized carbons (Fsp3) is 0.688. The molecule has 2 heterocycles. The van der Waals surface area contributed by atoms with Gasteiger partial charge in [-0.05, 0) is 56.7 Å². The van der Waals surface area contributed by atoms with Crippen molar-refractivity contribution in [2.75, 3.05) is 19.6 Å². The number of aromatic nitrogens is 2. The van der Waals surface area contributed by atoms with Crippen LogP contribution in [-0.2, 0) is 6.42 Å². The Hall–Kier alpha value is -1.49. The molecule has 1 aliphatic heterocycles. The van der Waals surface area contributed by atoms with Crippen LogP contribution in [0.5, 0.6) is 0 Å². The van der Waals surface area contributed by atoms with Gasteiger partial charge in [-0.3, -0.25) is 4.79 Å². The van der Waals surface area contributed by atoms with Gasteiger partial charge in [0.05, 0.1) is 0 Å². The van der Waals surface area contributed by atoms with Crippen LogP contribution < -0.4 is 5.73 Å². The fourth-order valence-corrected chi connectivity index (χ4v) is 3.07. The summed E-state index contributed by atoms with van der Waals surface area (Å²) >= 11 is 0. The standard InChI is InChI=1S/C16H26N4O/c1-12(2)10-20-6-3-4-13(5-7-20)8-14-9-15(16(17)21)19-11-18-14/h9,11-13H,3-8,10H2,1-2H3,(H2,17,21)/t13-/m0/s1. The van der Waals surface area contributed by atoms with E-state index < -0.39 is 5.91 Å². The highest BCUT2D eigenvalue weighted by molar-refractivity contribution is 5.90. The van der Waals surface area contributed by atoms with E-state index in [-0.39, 0.29) is 0 Å². The molecular weight excluding hydrogens is 264 g/mol. The van der Waals surface area contributed by atoms with Crippen molar-refractivity contribution in [1.29, 1.82) is 0 Å². The van der Waals surface area contributed by atoms with Gasteiger partial charge in [0.1, 0.15) is 12.0 Å². The molecule has 0 aromatic carbocycles. The number of likely N-dealkylation sites (tertiary alicyclic amines) is 1. The summed E-state index contributed by atoms with van der Waals surface area (Å²) in [5.74, 6) is 0.877. The molecule has 0 spiro atoms. The maximum atomic E-state index is 11.2. The number of hydrogen-bond donors (Lipinski definition) is 1. The molecule has 1 aliphatic rings. The average Bonchev–Trinajstić information content (AvgIpc) is 2.64. The second-order valence-corrected chi connectivity index (χ2v) is 6.45. The molecule has 2 rings (SSSR count). The van der Waals surface area contributed by atoms with Gasteiger partial charge >= 0.3 is 0 Å². The van der Waals surface area contributed by atoms with E-state index in [9.17, 15) is 4.79 Å². The van der Waals surface area contributed by atoms with Crippen molar-refractivity contribution in [1.82, 2.24) is 14.9 Å². The zero-order chi connectivity index (χ0) is 15.2. The molecule has 1 atom stereocenters. The van der Waals surface area contributed by atoms with E-state index in [4.69, 9.17) is 5.73 Å². The van der Waals surface area contributed by atoms with Crippen LogP contribution in [0.1, 0.15) is 49.3 Å². The lowest BCUT2D eigenvalue weighted by Crippen LogP contribution is -2.28. The summed E-state index contributed by atoms with van der Waals surface area (Å²) in [4.78, 5) is 21.9. The molecule has 1 aromatic rings. The smallest absolute Gasteiger partial charge is 0.267 e. The van der Waals surface area contributed by atoms with Crippen molar-refractivity contribution >= 4 is 5.91 Å². The van der Waals surface area contributed by atoms with Crippen LogP contribution in [0, 0.1) is 11.8 Å². The van der Waals surface area contributed by atoms with Crippen molar-refractivity contribution in [3.05, 3.63) is 23.8 Å². The summed E-state index contributed by atoms with van der Waals surface area (Å²) in [6, 6.07) is 1.74. The number of carbonyl (C=O) groups excluding carboxylic acids is 1. The summed E-state index contributed by atoms with van der Waals surface area (Å²) < 4.78 is 0. The lowest BCUT2D eigenvalue weighted by atomic mass is 9.95. The van der Waals surface area contributed by atoms with Crippen molar-refractivity contribution in [3.63, 3.8) is 0 Å². The molecule has 1 fully saturated rings. The Bertz CT molecular complexity index is 475. The first-order chi connectivity index (χ1) is 10.0. The summed E-state index contributed by atoms with van der Waals surface area (Å²) in [5.41, 5.74) is 6.52. The third kappa shape index (κ3) is 5.08. The van der Waals surface area contributed by atoms with E-state index in [1.165, 1.54) is 38.7 Å². The van der Waals surface area contributed by atoms with Crippen LogP contribution in [0.4, 0.5) is 0 Å². The van der Waals surface area contributed by atoms with Crippen LogP contribution in [0.3, 0.4) is 0 Å². The van der Waals surface area contributed by atoms with Gasteiger partial charge in [-0.1, -0.05) is 13.8 Å². The molecule has 0 saturated carbocycles. The SMILES string of the molecule is CC(C)CN1CCC[C@H](Cc2cc(C(N)=O)ncn2)CC1. The lowest BCUT2D eigenvalue weighted by molar-refractivity contribution is 0.0995. The third-order valence-corrected chi connectivity index (χ3v) is 4.04. The third-order valence-electron chi connectivity index (χ3n) is 4.04. The van der Waals surface area contributed by atoms with Crippen LogP contribution in [-0.4, -0.2) is 40.4 Å². The van der Waals surface area contributed by atoms with E-state index >= 15 is 0 Å². The van der Waals surface area contributed by atoms with Crippen LogP contribution in [0.2, 0.25) is 0 Å². The number of hydrogen-bond acceptors (Lipinski definition) is 4. The molecule has 1 amide bonds. The van der Waals surface area contributed by atoms with Gasteiger partial charge in [0.25, 0.3) is 5.91 Å². The fourth-order valence-electron chi connectivity index (χ4n) is 3.07. The van der Waals surface area contributed by atoms with Gasteiger partial charge in [-0.25, -0.2) is 9.97 Å². The molecule has 1 aromatic heterocycles. The van der Waals surface area contributed by atoms with Crippen LogP contribution in [0.25, 0.3) is 0 Å². The average molecular weight is 290 g/mol. The van der Waals surface area contributed by atoms with Crippen molar-refractivity contribution in [2.24, 2.45) is 17.6 Å². The molecule has 1 saturated heterocycles. The van der Waals surface area contributed by atoms with Crippen molar-refractivity contribution in [2.45, 2.75) is 39.5 Å². The normalized spacial score (nSPS) is 20.4. The summed E-state index contributed by atoms with van der Waals surface area (Å²) in [5, 5.41) is 0. The Labute approximate surface area is 127 Å². The highest BCUT2D eigenvalue weighted by Crippen LogP contribution is 2.21. The second-order valence-electron chi connectivity index (χ2n) is 6.45. The van der Waals surface area contributed by atoms with Crippen molar-refractivity contribution in [3.8, 4) is 0 Å². The van der Waals surface area contributed by atoms with E-state index in [1.807, 2.05) is 0 Å². The number of nitrogens with two attached hydrogens (primary N) is 1.